The van der Waals surface area contributed by atoms with Gasteiger partial charge in [-0.2, -0.15) is 0 Å². The number of carboxylic acid groups (broad SMARTS) is 1. The van der Waals surface area contributed by atoms with E-state index < -0.39 is 23.6 Å². The first-order valence-corrected chi connectivity index (χ1v) is 7.99. The molecule has 0 spiro atoms. The lowest BCUT2D eigenvalue weighted by atomic mass is 10.0. The van der Waals surface area contributed by atoms with Crippen LogP contribution in [0.3, 0.4) is 0 Å². The Kier molecular flexibility index (Phi) is 3.18. The second-order valence-electron chi connectivity index (χ2n) is 6.62. The van der Waals surface area contributed by atoms with Gasteiger partial charge in [-0.1, -0.05) is 0 Å². The molecule has 1 aromatic carbocycles. The molecule has 1 fully saturated rings. The Hall–Kier alpha value is -2.41. The number of hydrogen-bond acceptors (Lipinski definition) is 4. The van der Waals surface area contributed by atoms with Gasteiger partial charge in [0.1, 0.15) is 11.7 Å². The van der Waals surface area contributed by atoms with Crippen LogP contribution in [0.4, 0.5) is 10.1 Å². The molecule has 0 aliphatic carbocycles. The van der Waals surface area contributed by atoms with Crippen molar-refractivity contribution in [3.8, 4) is 0 Å². The molecule has 126 valence electrons. The molecule has 0 saturated carbocycles. The molecule has 4 rings (SSSR count). The topological polar surface area (TPSA) is 88.6 Å². The summed E-state index contributed by atoms with van der Waals surface area (Å²) in [6, 6.07) is 2.83. The number of carbonyl (C=O) groups is 1. The summed E-state index contributed by atoms with van der Waals surface area (Å²) in [5, 5.41) is 9.50. The minimum absolute atomic E-state index is 0.0568. The zero-order valence-corrected chi connectivity index (χ0v) is 13.2. The summed E-state index contributed by atoms with van der Waals surface area (Å²) < 4.78 is 16.6. The number of nitrogens with two attached hydrogens (primary N) is 1. The number of alkyl halides is 1. The fourth-order valence-electron chi connectivity index (χ4n) is 3.88. The monoisotopic (exact) mass is 331 g/mol. The lowest BCUT2D eigenvalue weighted by Crippen LogP contribution is -2.27. The number of nitrogens with zero attached hydrogens (tertiary/aromatic N) is 2. The first-order chi connectivity index (χ1) is 11.4. The van der Waals surface area contributed by atoms with E-state index in [1.807, 2.05) is 4.90 Å². The number of aromatic nitrogens is 1. The standard InChI is InChI=1S/C17H18FN3O3/c1-8-14(18)13-12(20-5-4-9(19)6-20)3-2-10-15(13)21(8)7-11(16(10)22)17(23)24/h2-3,7-9,14H,4-6,19H2,1H3,(H,23,24). The van der Waals surface area contributed by atoms with Crippen LogP contribution in [0.25, 0.3) is 10.9 Å². The van der Waals surface area contributed by atoms with Crippen LogP contribution in [0, 0.1) is 0 Å². The van der Waals surface area contributed by atoms with Crippen LogP contribution < -0.4 is 16.1 Å². The van der Waals surface area contributed by atoms with Gasteiger partial charge in [0.15, 0.2) is 0 Å². The smallest absolute Gasteiger partial charge is 0.341 e. The Labute approximate surface area is 137 Å². The molecule has 2 aromatic rings. The highest BCUT2D eigenvalue weighted by Gasteiger charge is 2.37. The minimum atomic E-state index is -1.30. The Bertz CT molecular complexity index is 923. The molecule has 1 aromatic heterocycles. The van der Waals surface area contributed by atoms with Crippen molar-refractivity contribution in [1.82, 2.24) is 4.57 Å². The maximum Gasteiger partial charge on any atom is 0.341 e. The van der Waals surface area contributed by atoms with Gasteiger partial charge >= 0.3 is 5.97 Å². The van der Waals surface area contributed by atoms with Crippen LogP contribution in [0.2, 0.25) is 0 Å². The predicted octanol–water partition coefficient (Wildman–Crippen LogP) is 1.82. The highest BCUT2D eigenvalue weighted by atomic mass is 19.1. The summed E-state index contributed by atoms with van der Waals surface area (Å²) in [4.78, 5) is 25.8. The first kappa shape index (κ1) is 15.1. The molecule has 6 nitrogen and oxygen atoms in total. The van der Waals surface area contributed by atoms with Crippen molar-refractivity contribution in [2.75, 3.05) is 18.0 Å². The Morgan fingerprint density at radius 2 is 2.17 bits per heavy atom. The van der Waals surface area contributed by atoms with Crippen molar-refractivity contribution in [2.45, 2.75) is 31.6 Å². The van der Waals surface area contributed by atoms with Crippen molar-refractivity contribution >= 4 is 22.6 Å². The number of pyridine rings is 1. The molecule has 3 heterocycles. The van der Waals surface area contributed by atoms with Crippen LogP contribution >= 0.6 is 0 Å². The number of carboxylic acids is 1. The maximum atomic E-state index is 15.0. The molecular formula is C17H18FN3O3. The molecule has 1 saturated heterocycles. The number of benzene rings is 1. The molecule has 24 heavy (non-hydrogen) atoms. The van der Waals surface area contributed by atoms with Crippen molar-refractivity contribution in [3.63, 3.8) is 0 Å². The molecule has 2 aliphatic rings. The zero-order valence-electron chi connectivity index (χ0n) is 13.2. The van der Waals surface area contributed by atoms with E-state index in [1.165, 1.54) is 6.20 Å². The molecule has 3 N–H and O–H groups in total. The summed E-state index contributed by atoms with van der Waals surface area (Å²) in [7, 11) is 0. The average molecular weight is 331 g/mol. The fraction of sp³-hybridized carbons (Fsp3) is 0.412. The van der Waals surface area contributed by atoms with E-state index in [1.54, 1.807) is 23.6 Å². The van der Waals surface area contributed by atoms with Gasteiger partial charge in [-0.3, -0.25) is 4.79 Å². The van der Waals surface area contributed by atoms with E-state index in [0.717, 1.165) is 18.7 Å². The summed E-state index contributed by atoms with van der Waals surface area (Å²) in [6.45, 7) is 3.09. The molecular weight excluding hydrogens is 313 g/mol. The normalized spacial score (nSPS) is 25.6. The van der Waals surface area contributed by atoms with E-state index in [9.17, 15) is 14.7 Å². The molecule has 2 aliphatic heterocycles. The fourth-order valence-corrected chi connectivity index (χ4v) is 3.88. The third kappa shape index (κ3) is 1.91. The van der Waals surface area contributed by atoms with Gasteiger partial charge in [0.2, 0.25) is 5.43 Å². The van der Waals surface area contributed by atoms with Crippen LogP contribution in [0.15, 0.2) is 23.1 Å². The highest BCUT2D eigenvalue weighted by Crippen LogP contribution is 2.46. The summed E-state index contributed by atoms with van der Waals surface area (Å²) in [6.07, 6.45) is 0.818. The van der Waals surface area contributed by atoms with Gasteiger partial charge < -0.3 is 20.3 Å². The Morgan fingerprint density at radius 1 is 1.42 bits per heavy atom. The van der Waals surface area contributed by atoms with E-state index in [2.05, 4.69) is 0 Å². The van der Waals surface area contributed by atoms with Crippen LogP contribution in [-0.4, -0.2) is 34.8 Å². The van der Waals surface area contributed by atoms with Gasteiger partial charge in [-0.15, -0.1) is 0 Å². The third-order valence-electron chi connectivity index (χ3n) is 5.14. The largest absolute Gasteiger partial charge is 0.477 e. The maximum absolute atomic E-state index is 15.0. The quantitative estimate of drug-likeness (QED) is 0.876. The molecule has 0 bridgehead atoms. The van der Waals surface area contributed by atoms with Gasteiger partial charge in [0.05, 0.1) is 11.6 Å². The van der Waals surface area contributed by atoms with Crippen molar-refractivity contribution in [2.24, 2.45) is 5.73 Å². The summed E-state index contributed by atoms with van der Waals surface area (Å²) in [5.74, 6) is -1.30. The molecule has 3 unspecified atom stereocenters. The molecule has 7 heteroatoms. The molecule has 0 amide bonds. The summed E-state index contributed by atoms with van der Waals surface area (Å²) in [5.41, 5.74) is 6.80. The third-order valence-corrected chi connectivity index (χ3v) is 5.14. The zero-order chi connectivity index (χ0) is 17.2. The average Bonchev–Trinajstić information content (AvgIpc) is 3.08. The van der Waals surface area contributed by atoms with Crippen LogP contribution in [0.5, 0.6) is 0 Å². The Balaban J connectivity index is 2.02. The van der Waals surface area contributed by atoms with E-state index >= 15 is 4.39 Å². The predicted molar refractivity (Wildman–Crippen MR) is 88.5 cm³/mol. The first-order valence-electron chi connectivity index (χ1n) is 7.99. The lowest BCUT2D eigenvalue weighted by molar-refractivity contribution is 0.0694. The van der Waals surface area contributed by atoms with Crippen LogP contribution in [-0.2, 0) is 0 Å². The number of aromatic carboxylic acids is 1. The van der Waals surface area contributed by atoms with Crippen molar-refractivity contribution < 1.29 is 14.3 Å². The second kappa shape index (κ2) is 5.04. The van der Waals surface area contributed by atoms with E-state index in [-0.39, 0.29) is 17.0 Å². The number of anilines is 1. The summed E-state index contributed by atoms with van der Waals surface area (Å²) >= 11 is 0. The molecule has 3 atom stereocenters. The SMILES string of the molecule is CC1C(F)c2c(N3CCC(N)C3)ccc3c(=O)c(C(=O)O)cn1c23. The molecule has 0 radical (unpaired) electrons. The highest BCUT2D eigenvalue weighted by molar-refractivity contribution is 5.96. The van der Waals surface area contributed by atoms with E-state index in [0.29, 0.717) is 17.6 Å². The Morgan fingerprint density at radius 3 is 2.79 bits per heavy atom. The van der Waals surface area contributed by atoms with Gasteiger partial charge in [0.25, 0.3) is 0 Å². The number of halogens is 1. The van der Waals surface area contributed by atoms with Crippen molar-refractivity contribution in [3.05, 3.63) is 39.7 Å². The van der Waals surface area contributed by atoms with E-state index in [4.69, 9.17) is 5.73 Å². The second-order valence-corrected chi connectivity index (χ2v) is 6.62. The van der Waals surface area contributed by atoms with Gasteiger partial charge in [0, 0.05) is 42.0 Å². The number of rotatable bonds is 2. The lowest BCUT2D eigenvalue weighted by Gasteiger charge is -2.22. The minimum Gasteiger partial charge on any atom is -0.477 e. The van der Waals surface area contributed by atoms with Gasteiger partial charge in [-0.25, -0.2) is 9.18 Å². The number of hydrogen-bond donors (Lipinski definition) is 2. The van der Waals surface area contributed by atoms with Gasteiger partial charge in [-0.05, 0) is 25.5 Å². The van der Waals surface area contributed by atoms with Crippen LogP contribution in [0.1, 0.15) is 41.5 Å². The van der Waals surface area contributed by atoms with Crippen molar-refractivity contribution in [1.29, 1.82) is 0 Å².